The minimum absolute atomic E-state index is 0.154. The molecule has 136 valence electrons. The first-order valence-electron chi connectivity index (χ1n) is 9.33. The Bertz CT molecular complexity index is 898. The zero-order chi connectivity index (χ0) is 18.1. The van der Waals surface area contributed by atoms with Crippen molar-refractivity contribution >= 4 is 16.6 Å². The lowest BCUT2D eigenvalue weighted by molar-refractivity contribution is 0.164. The Morgan fingerprint density at radius 2 is 1.88 bits per heavy atom. The molecular formula is C20H25N5O. The topological polar surface area (TPSA) is 58.3 Å². The third-order valence-corrected chi connectivity index (χ3v) is 5.18. The first-order valence-corrected chi connectivity index (χ1v) is 9.33. The molecule has 1 aliphatic heterocycles. The molecule has 3 heterocycles. The number of pyridine rings is 1. The molecule has 0 saturated carbocycles. The molecular weight excluding hydrogens is 326 g/mol. The van der Waals surface area contributed by atoms with E-state index < -0.39 is 0 Å². The Labute approximate surface area is 153 Å². The SMILES string of the molecule is CCc1noc(C(C)N2CCN(c3cc(C)nc4ccccc34)CC2)n1. The maximum absolute atomic E-state index is 5.43. The molecule has 1 aliphatic rings. The van der Waals surface area contributed by atoms with Crippen LogP contribution >= 0.6 is 0 Å². The number of piperazine rings is 1. The maximum atomic E-state index is 5.43. The molecule has 0 aliphatic carbocycles. The highest BCUT2D eigenvalue weighted by molar-refractivity contribution is 5.92. The minimum atomic E-state index is 0.154. The molecule has 2 aromatic heterocycles. The van der Waals surface area contributed by atoms with Crippen LogP contribution in [0.5, 0.6) is 0 Å². The van der Waals surface area contributed by atoms with Crippen LogP contribution in [0, 0.1) is 6.92 Å². The third kappa shape index (κ3) is 3.17. The lowest BCUT2D eigenvalue weighted by Gasteiger charge is -2.38. The van der Waals surface area contributed by atoms with Crippen molar-refractivity contribution in [3.63, 3.8) is 0 Å². The summed E-state index contributed by atoms with van der Waals surface area (Å²) in [6.45, 7) is 10.2. The van der Waals surface area contributed by atoms with Gasteiger partial charge in [0, 0.05) is 49.4 Å². The highest BCUT2D eigenvalue weighted by atomic mass is 16.5. The third-order valence-electron chi connectivity index (χ3n) is 5.18. The van der Waals surface area contributed by atoms with Gasteiger partial charge in [0.1, 0.15) is 0 Å². The van der Waals surface area contributed by atoms with Gasteiger partial charge < -0.3 is 9.42 Å². The largest absolute Gasteiger partial charge is 0.368 e. The molecule has 0 spiro atoms. The zero-order valence-corrected chi connectivity index (χ0v) is 15.6. The molecule has 1 aromatic carbocycles. The van der Waals surface area contributed by atoms with Crippen LogP contribution in [0.4, 0.5) is 5.69 Å². The molecule has 3 aromatic rings. The van der Waals surface area contributed by atoms with Crippen LogP contribution in [0.2, 0.25) is 0 Å². The molecule has 1 saturated heterocycles. The summed E-state index contributed by atoms with van der Waals surface area (Å²) >= 11 is 0. The van der Waals surface area contributed by atoms with Crippen LogP contribution in [0.1, 0.15) is 37.3 Å². The molecule has 6 nitrogen and oxygen atoms in total. The predicted molar refractivity (Wildman–Crippen MR) is 102 cm³/mol. The summed E-state index contributed by atoms with van der Waals surface area (Å²) in [4.78, 5) is 14.0. The van der Waals surface area contributed by atoms with E-state index in [0.717, 1.165) is 55.5 Å². The van der Waals surface area contributed by atoms with E-state index in [-0.39, 0.29) is 6.04 Å². The summed E-state index contributed by atoms with van der Waals surface area (Å²) < 4.78 is 5.43. The fourth-order valence-corrected chi connectivity index (χ4v) is 3.63. The normalized spacial score (nSPS) is 17.0. The number of nitrogens with zero attached hydrogens (tertiary/aromatic N) is 5. The van der Waals surface area contributed by atoms with Crippen molar-refractivity contribution in [2.75, 3.05) is 31.1 Å². The quantitative estimate of drug-likeness (QED) is 0.718. The van der Waals surface area contributed by atoms with Gasteiger partial charge in [0.25, 0.3) is 0 Å². The van der Waals surface area contributed by atoms with Gasteiger partial charge in [-0.25, -0.2) is 0 Å². The number of benzene rings is 1. The Morgan fingerprint density at radius 3 is 2.62 bits per heavy atom. The zero-order valence-electron chi connectivity index (χ0n) is 15.6. The van der Waals surface area contributed by atoms with Gasteiger partial charge in [-0.2, -0.15) is 4.98 Å². The van der Waals surface area contributed by atoms with E-state index in [1.54, 1.807) is 0 Å². The Kier molecular flexibility index (Phi) is 4.59. The average Bonchev–Trinajstić information content (AvgIpc) is 3.16. The van der Waals surface area contributed by atoms with Crippen molar-refractivity contribution in [3.8, 4) is 0 Å². The molecule has 1 fully saturated rings. The van der Waals surface area contributed by atoms with Crippen LogP contribution in [0.25, 0.3) is 10.9 Å². The molecule has 1 unspecified atom stereocenters. The summed E-state index contributed by atoms with van der Waals surface area (Å²) in [5.41, 5.74) is 3.41. The number of hydrogen-bond acceptors (Lipinski definition) is 6. The minimum Gasteiger partial charge on any atom is -0.368 e. The van der Waals surface area contributed by atoms with Gasteiger partial charge in [-0.05, 0) is 26.0 Å². The smallest absolute Gasteiger partial charge is 0.243 e. The van der Waals surface area contributed by atoms with Crippen LogP contribution in [-0.2, 0) is 6.42 Å². The molecule has 0 amide bonds. The number of aromatic nitrogens is 3. The number of hydrogen-bond donors (Lipinski definition) is 0. The van der Waals surface area contributed by atoms with Crippen molar-refractivity contribution in [2.45, 2.75) is 33.2 Å². The van der Waals surface area contributed by atoms with Crippen molar-refractivity contribution in [1.29, 1.82) is 0 Å². The number of fused-ring (bicyclic) bond motifs is 1. The molecule has 26 heavy (non-hydrogen) atoms. The van der Waals surface area contributed by atoms with Crippen LogP contribution < -0.4 is 4.90 Å². The second-order valence-corrected chi connectivity index (χ2v) is 6.90. The highest BCUT2D eigenvalue weighted by Crippen LogP contribution is 2.29. The lowest BCUT2D eigenvalue weighted by Crippen LogP contribution is -2.47. The van der Waals surface area contributed by atoms with E-state index in [0.29, 0.717) is 0 Å². The number of para-hydroxylation sites is 1. The number of anilines is 1. The average molecular weight is 351 g/mol. The molecule has 0 bridgehead atoms. The highest BCUT2D eigenvalue weighted by Gasteiger charge is 2.26. The van der Waals surface area contributed by atoms with E-state index >= 15 is 0 Å². The Morgan fingerprint density at radius 1 is 1.12 bits per heavy atom. The van der Waals surface area contributed by atoms with E-state index in [1.807, 2.05) is 13.0 Å². The summed E-state index contributed by atoms with van der Waals surface area (Å²) in [7, 11) is 0. The van der Waals surface area contributed by atoms with Crippen molar-refractivity contribution in [3.05, 3.63) is 47.7 Å². The second kappa shape index (κ2) is 7.03. The standard InChI is InChI=1S/C20H25N5O/c1-4-19-22-20(26-23-19)15(3)24-9-11-25(12-10-24)18-13-14(2)21-17-8-6-5-7-16(17)18/h5-8,13,15H,4,9-12H2,1-3H3. The molecule has 6 heteroatoms. The molecule has 4 rings (SSSR count). The maximum Gasteiger partial charge on any atom is 0.243 e. The van der Waals surface area contributed by atoms with Gasteiger partial charge in [0.2, 0.25) is 5.89 Å². The first kappa shape index (κ1) is 17.0. The first-order chi connectivity index (χ1) is 12.7. The van der Waals surface area contributed by atoms with Crippen LogP contribution in [0.15, 0.2) is 34.9 Å². The van der Waals surface area contributed by atoms with Gasteiger partial charge in [-0.3, -0.25) is 9.88 Å². The fourth-order valence-electron chi connectivity index (χ4n) is 3.63. The van der Waals surface area contributed by atoms with Crippen molar-refractivity contribution in [2.24, 2.45) is 0 Å². The van der Waals surface area contributed by atoms with Gasteiger partial charge in [0.05, 0.1) is 11.6 Å². The summed E-state index contributed by atoms with van der Waals surface area (Å²) in [5, 5.41) is 5.25. The lowest BCUT2D eigenvalue weighted by atomic mass is 10.1. The van der Waals surface area contributed by atoms with Crippen LogP contribution in [0.3, 0.4) is 0 Å². The van der Waals surface area contributed by atoms with Crippen molar-refractivity contribution in [1.82, 2.24) is 20.0 Å². The van der Waals surface area contributed by atoms with E-state index in [2.05, 4.69) is 63.0 Å². The van der Waals surface area contributed by atoms with Gasteiger partial charge in [-0.1, -0.05) is 30.3 Å². The van der Waals surface area contributed by atoms with Gasteiger partial charge in [0.15, 0.2) is 5.82 Å². The van der Waals surface area contributed by atoms with E-state index in [1.165, 1.54) is 11.1 Å². The monoisotopic (exact) mass is 351 g/mol. The summed E-state index contributed by atoms with van der Waals surface area (Å²) in [6.07, 6.45) is 0.804. The Hall–Kier alpha value is -2.47. The van der Waals surface area contributed by atoms with Gasteiger partial charge in [-0.15, -0.1) is 0 Å². The summed E-state index contributed by atoms with van der Waals surface area (Å²) in [5.74, 6) is 1.50. The second-order valence-electron chi connectivity index (χ2n) is 6.90. The van der Waals surface area contributed by atoms with E-state index in [4.69, 9.17) is 4.52 Å². The molecule has 0 radical (unpaired) electrons. The molecule has 0 N–H and O–H groups in total. The van der Waals surface area contributed by atoms with E-state index in [9.17, 15) is 0 Å². The molecule has 1 atom stereocenters. The van der Waals surface area contributed by atoms with Crippen molar-refractivity contribution < 1.29 is 4.52 Å². The Balaban J connectivity index is 1.50. The van der Waals surface area contributed by atoms with Crippen LogP contribution in [-0.4, -0.2) is 46.2 Å². The number of rotatable bonds is 4. The number of aryl methyl sites for hydroxylation is 2. The summed E-state index contributed by atoms with van der Waals surface area (Å²) in [6, 6.07) is 10.7. The predicted octanol–water partition coefficient (Wildman–Crippen LogP) is 3.37. The van der Waals surface area contributed by atoms with Gasteiger partial charge >= 0.3 is 0 Å². The fraction of sp³-hybridized carbons (Fsp3) is 0.450.